The summed E-state index contributed by atoms with van der Waals surface area (Å²) in [6, 6.07) is 9.03. The van der Waals surface area contributed by atoms with E-state index in [4.69, 9.17) is 10.5 Å². The van der Waals surface area contributed by atoms with E-state index >= 15 is 0 Å². The van der Waals surface area contributed by atoms with Crippen LogP contribution < -0.4 is 10.5 Å². The molecule has 1 aliphatic heterocycles. The standard InChI is InChI=1S/C18H28N2O/c19-12-11-15-7-1-3-9-17(15)21-18-10-4-2-8-16(18)20-13-5-6-14-20/h1,3,7,9,16,18H,2,4-6,8,10-14,19H2. The molecule has 0 spiro atoms. The lowest BCUT2D eigenvalue weighted by atomic mass is 9.91. The van der Waals surface area contributed by atoms with Crippen molar-refractivity contribution < 1.29 is 4.74 Å². The Kier molecular flexibility index (Phi) is 5.15. The first-order valence-corrected chi connectivity index (χ1v) is 8.57. The molecule has 2 atom stereocenters. The third kappa shape index (κ3) is 3.58. The van der Waals surface area contributed by atoms with E-state index in [1.54, 1.807) is 0 Å². The van der Waals surface area contributed by atoms with Gasteiger partial charge in [0.1, 0.15) is 11.9 Å². The average molecular weight is 288 g/mol. The van der Waals surface area contributed by atoms with Crippen LogP contribution in [0, 0.1) is 0 Å². The molecule has 3 heteroatoms. The molecule has 2 fully saturated rings. The van der Waals surface area contributed by atoms with Gasteiger partial charge >= 0.3 is 0 Å². The number of rotatable bonds is 5. The molecule has 2 N–H and O–H groups in total. The largest absolute Gasteiger partial charge is 0.489 e. The first-order chi connectivity index (χ1) is 10.4. The first kappa shape index (κ1) is 14.9. The van der Waals surface area contributed by atoms with Gasteiger partial charge in [0.05, 0.1) is 0 Å². The predicted molar refractivity (Wildman–Crippen MR) is 86.7 cm³/mol. The molecule has 1 aromatic rings. The highest BCUT2D eigenvalue weighted by molar-refractivity contribution is 5.33. The maximum atomic E-state index is 6.47. The minimum atomic E-state index is 0.357. The van der Waals surface area contributed by atoms with Crippen LogP contribution >= 0.6 is 0 Å². The Morgan fingerprint density at radius 3 is 2.62 bits per heavy atom. The van der Waals surface area contributed by atoms with E-state index < -0.39 is 0 Å². The fourth-order valence-electron chi connectivity index (χ4n) is 3.85. The van der Waals surface area contributed by atoms with Gasteiger partial charge in [-0.25, -0.2) is 0 Å². The van der Waals surface area contributed by atoms with Crippen molar-refractivity contribution in [2.75, 3.05) is 19.6 Å². The second-order valence-corrected chi connectivity index (χ2v) is 6.40. The SMILES string of the molecule is NCCc1ccccc1OC1CCCCC1N1CCCC1. The molecule has 2 aliphatic rings. The van der Waals surface area contributed by atoms with E-state index in [2.05, 4.69) is 29.2 Å². The van der Waals surface area contributed by atoms with Crippen molar-refractivity contribution in [2.45, 2.75) is 57.1 Å². The van der Waals surface area contributed by atoms with Gasteiger partial charge in [0.2, 0.25) is 0 Å². The van der Waals surface area contributed by atoms with Crippen molar-refractivity contribution in [3.8, 4) is 5.75 Å². The maximum Gasteiger partial charge on any atom is 0.123 e. The van der Waals surface area contributed by atoms with Crippen molar-refractivity contribution in [3.63, 3.8) is 0 Å². The molecular formula is C18H28N2O. The summed E-state index contributed by atoms with van der Waals surface area (Å²) in [6.45, 7) is 3.20. The molecule has 3 nitrogen and oxygen atoms in total. The summed E-state index contributed by atoms with van der Waals surface area (Å²) in [5.41, 5.74) is 6.98. The Morgan fingerprint density at radius 2 is 1.81 bits per heavy atom. The van der Waals surface area contributed by atoms with Gasteiger partial charge in [-0.15, -0.1) is 0 Å². The number of hydrogen-bond acceptors (Lipinski definition) is 3. The van der Waals surface area contributed by atoms with Crippen LogP contribution in [0.3, 0.4) is 0 Å². The fraction of sp³-hybridized carbons (Fsp3) is 0.667. The van der Waals surface area contributed by atoms with Gasteiger partial charge < -0.3 is 10.5 Å². The molecule has 21 heavy (non-hydrogen) atoms. The summed E-state index contributed by atoms with van der Waals surface area (Å²) < 4.78 is 6.47. The molecule has 1 heterocycles. The van der Waals surface area contributed by atoms with Crippen molar-refractivity contribution in [3.05, 3.63) is 29.8 Å². The Morgan fingerprint density at radius 1 is 1.05 bits per heavy atom. The summed E-state index contributed by atoms with van der Waals surface area (Å²) in [4.78, 5) is 2.66. The van der Waals surface area contributed by atoms with Crippen LogP contribution in [0.4, 0.5) is 0 Å². The molecule has 0 aromatic heterocycles. The highest BCUT2D eigenvalue weighted by Gasteiger charge is 2.33. The normalized spacial score (nSPS) is 26.9. The Balaban J connectivity index is 1.72. The zero-order chi connectivity index (χ0) is 14.5. The highest BCUT2D eigenvalue weighted by atomic mass is 16.5. The zero-order valence-electron chi connectivity index (χ0n) is 13.0. The van der Waals surface area contributed by atoms with Gasteiger partial charge in [-0.2, -0.15) is 0 Å². The maximum absolute atomic E-state index is 6.47. The van der Waals surface area contributed by atoms with Crippen LogP contribution in [0.15, 0.2) is 24.3 Å². The number of benzene rings is 1. The molecule has 0 bridgehead atoms. The second kappa shape index (κ2) is 7.28. The monoisotopic (exact) mass is 288 g/mol. The van der Waals surface area contributed by atoms with E-state index in [0.717, 1.165) is 12.2 Å². The summed E-state index contributed by atoms with van der Waals surface area (Å²) >= 11 is 0. The predicted octanol–water partition coefficient (Wildman–Crippen LogP) is 2.97. The van der Waals surface area contributed by atoms with Crippen molar-refractivity contribution in [2.24, 2.45) is 5.73 Å². The number of para-hydroxylation sites is 1. The van der Waals surface area contributed by atoms with Gasteiger partial charge in [0.25, 0.3) is 0 Å². The highest BCUT2D eigenvalue weighted by Crippen LogP contribution is 2.30. The molecule has 1 aromatic carbocycles. The lowest BCUT2D eigenvalue weighted by Crippen LogP contribution is -2.46. The Labute approximate surface area is 128 Å². The molecule has 1 aliphatic carbocycles. The van der Waals surface area contributed by atoms with Gasteiger partial charge in [-0.3, -0.25) is 4.90 Å². The minimum Gasteiger partial charge on any atom is -0.489 e. The van der Waals surface area contributed by atoms with Crippen LogP contribution in [0.25, 0.3) is 0 Å². The van der Waals surface area contributed by atoms with Crippen LogP contribution in [-0.2, 0) is 6.42 Å². The second-order valence-electron chi connectivity index (χ2n) is 6.40. The lowest BCUT2D eigenvalue weighted by Gasteiger charge is -2.38. The fourth-order valence-corrected chi connectivity index (χ4v) is 3.85. The van der Waals surface area contributed by atoms with Gasteiger partial charge in [0, 0.05) is 6.04 Å². The summed E-state index contributed by atoms with van der Waals surface area (Å²) in [6.07, 6.45) is 9.11. The third-order valence-electron chi connectivity index (χ3n) is 4.94. The average Bonchev–Trinajstić information content (AvgIpc) is 3.04. The van der Waals surface area contributed by atoms with Crippen LogP contribution in [0.1, 0.15) is 44.1 Å². The lowest BCUT2D eigenvalue weighted by molar-refractivity contribution is 0.0479. The van der Waals surface area contributed by atoms with Crippen LogP contribution in [0.5, 0.6) is 5.75 Å². The van der Waals surface area contributed by atoms with Crippen molar-refractivity contribution >= 4 is 0 Å². The third-order valence-corrected chi connectivity index (χ3v) is 4.94. The Hall–Kier alpha value is -1.06. The summed E-state index contributed by atoms with van der Waals surface area (Å²) in [5, 5.41) is 0. The van der Waals surface area contributed by atoms with Gasteiger partial charge in [-0.1, -0.05) is 24.6 Å². The first-order valence-electron chi connectivity index (χ1n) is 8.57. The molecule has 116 valence electrons. The van der Waals surface area contributed by atoms with Crippen LogP contribution in [-0.4, -0.2) is 36.7 Å². The molecule has 1 saturated heterocycles. The quantitative estimate of drug-likeness (QED) is 0.905. The topological polar surface area (TPSA) is 38.5 Å². The zero-order valence-corrected chi connectivity index (χ0v) is 13.0. The van der Waals surface area contributed by atoms with Crippen LogP contribution in [0.2, 0.25) is 0 Å². The molecule has 0 amide bonds. The molecule has 1 saturated carbocycles. The molecular weight excluding hydrogens is 260 g/mol. The van der Waals surface area contributed by atoms with Crippen molar-refractivity contribution in [1.82, 2.24) is 4.90 Å². The number of ether oxygens (including phenoxy) is 1. The Bertz CT molecular complexity index is 443. The van der Waals surface area contributed by atoms with E-state index in [9.17, 15) is 0 Å². The molecule has 0 radical (unpaired) electrons. The molecule has 2 unspecified atom stereocenters. The number of likely N-dealkylation sites (tertiary alicyclic amines) is 1. The molecule has 3 rings (SSSR count). The number of nitrogens with zero attached hydrogens (tertiary/aromatic N) is 1. The minimum absolute atomic E-state index is 0.357. The summed E-state index contributed by atoms with van der Waals surface area (Å²) in [7, 11) is 0. The van der Waals surface area contributed by atoms with E-state index in [1.165, 1.54) is 57.2 Å². The van der Waals surface area contributed by atoms with Crippen molar-refractivity contribution in [1.29, 1.82) is 0 Å². The van der Waals surface area contributed by atoms with Gasteiger partial charge in [0.15, 0.2) is 0 Å². The van der Waals surface area contributed by atoms with E-state index in [1.807, 2.05) is 0 Å². The smallest absolute Gasteiger partial charge is 0.123 e. The van der Waals surface area contributed by atoms with E-state index in [-0.39, 0.29) is 0 Å². The number of nitrogens with two attached hydrogens (primary N) is 1. The number of hydrogen-bond donors (Lipinski definition) is 1. The summed E-state index contributed by atoms with van der Waals surface area (Å²) in [5.74, 6) is 1.05. The van der Waals surface area contributed by atoms with Gasteiger partial charge in [-0.05, 0) is 69.8 Å². The van der Waals surface area contributed by atoms with E-state index in [0.29, 0.717) is 18.7 Å².